The zero-order valence-electron chi connectivity index (χ0n) is 33.6. The van der Waals surface area contributed by atoms with Crippen LogP contribution in [0, 0.1) is 5.92 Å². The highest BCUT2D eigenvalue weighted by Gasteiger charge is 2.55. The molecule has 3 aromatic rings. The molecule has 1 aliphatic heterocycles. The van der Waals surface area contributed by atoms with Crippen molar-refractivity contribution in [3.05, 3.63) is 108 Å². The average Bonchev–Trinajstić information content (AvgIpc) is 3.18. The van der Waals surface area contributed by atoms with Gasteiger partial charge in [0, 0.05) is 26.9 Å². The molecule has 2 fully saturated rings. The first-order valence-corrected chi connectivity index (χ1v) is 22.7. The number of carbonyl (C=O) groups is 2. The van der Waals surface area contributed by atoms with Crippen LogP contribution in [0.25, 0.3) is 0 Å². The van der Waals surface area contributed by atoms with Gasteiger partial charge in [-0.15, -0.1) is 0 Å². The second-order valence-electron chi connectivity index (χ2n) is 14.5. The Morgan fingerprint density at radius 3 is 1.73 bits per heavy atom. The molecule has 1 heterocycles. The van der Waals surface area contributed by atoms with Gasteiger partial charge >= 0.3 is 5.97 Å². The van der Waals surface area contributed by atoms with Crippen LogP contribution in [0.2, 0.25) is 0 Å². The molecular weight excluding hydrogens is 811 g/mol. The van der Waals surface area contributed by atoms with Crippen LogP contribution in [0.15, 0.2) is 91.0 Å². The summed E-state index contributed by atoms with van der Waals surface area (Å²) >= 11 is 0. The van der Waals surface area contributed by atoms with E-state index in [0.717, 1.165) is 23.6 Å². The van der Waals surface area contributed by atoms with Crippen molar-refractivity contribution >= 4 is 32.1 Å². The zero-order chi connectivity index (χ0) is 42.6. The average molecular weight is 864 g/mol. The molecule has 0 unspecified atom stereocenters. The molecule has 10 atom stereocenters. The number of hydrogen-bond donors (Lipinski definition) is 1. The molecule has 1 aliphatic carbocycles. The largest absolute Gasteiger partial charge is 0.457 e. The Bertz CT molecular complexity index is 1990. The molecule has 324 valence electrons. The summed E-state index contributed by atoms with van der Waals surface area (Å²) in [4.78, 5) is 25.6. The molecule has 0 bridgehead atoms. The van der Waals surface area contributed by atoms with Crippen LogP contribution >= 0.6 is 0 Å². The molecule has 0 radical (unpaired) electrons. The van der Waals surface area contributed by atoms with Crippen molar-refractivity contribution in [2.24, 2.45) is 5.92 Å². The summed E-state index contributed by atoms with van der Waals surface area (Å²) in [7, 11) is -6.82. The van der Waals surface area contributed by atoms with Crippen molar-refractivity contribution in [2.45, 2.75) is 95.1 Å². The first kappa shape index (κ1) is 46.2. The Kier molecular flexibility index (Phi) is 17.0. The number of esters is 1. The van der Waals surface area contributed by atoms with E-state index in [1.165, 1.54) is 21.0 Å². The van der Waals surface area contributed by atoms with Crippen LogP contribution in [-0.4, -0.2) is 117 Å². The molecule has 2 aliphatic rings. The molecule has 3 aromatic carbocycles. The van der Waals surface area contributed by atoms with Gasteiger partial charge in [0.1, 0.15) is 36.6 Å². The van der Waals surface area contributed by atoms with Crippen LogP contribution in [0.3, 0.4) is 0 Å². The van der Waals surface area contributed by atoms with Crippen LogP contribution < -0.4 is 5.32 Å². The number of methoxy groups -OCH3 is 1. The first-order valence-electron chi connectivity index (χ1n) is 19.0. The number of ether oxygens (including phenoxy) is 7. The van der Waals surface area contributed by atoms with Gasteiger partial charge < -0.3 is 38.5 Å². The van der Waals surface area contributed by atoms with E-state index in [4.69, 9.17) is 41.5 Å². The van der Waals surface area contributed by atoms with E-state index < -0.39 is 99.7 Å². The van der Waals surface area contributed by atoms with Gasteiger partial charge in [-0.2, -0.15) is 16.8 Å². The fourth-order valence-corrected chi connectivity index (χ4v) is 8.28. The molecule has 59 heavy (non-hydrogen) atoms. The molecule has 1 N–H and O–H groups in total. The van der Waals surface area contributed by atoms with Gasteiger partial charge in [0.05, 0.1) is 51.6 Å². The van der Waals surface area contributed by atoms with Gasteiger partial charge in [-0.1, -0.05) is 91.0 Å². The van der Waals surface area contributed by atoms with Crippen LogP contribution in [0.5, 0.6) is 0 Å². The van der Waals surface area contributed by atoms with Gasteiger partial charge in [-0.3, -0.25) is 18.0 Å². The predicted octanol–water partition coefficient (Wildman–Crippen LogP) is 3.28. The van der Waals surface area contributed by atoms with Gasteiger partial charge in [-0.25, -0.2) is 0 Å². The minimum Gasteiger partial charge on any atom is -0.457 e. The van der Waals surface area contributed by atoms with Gasteiger partial charge in [0.25, 0.3) is 20.2 Å². The second kappa shape index (κ2) is 21.6. The fraction of sp³-hybridized carbons (Fsp3) is 0.512. The third-order valence-electron chi connectivity index (χ3n) is 9.64. The lowest BCUT2D eigenvalue weighted by Gasteiger charge is -2.50. The number of benzene rings is 3. The smallest absolute Gasteiger partial charge is 0.303 e. The Balaban J connectivity index is 1.59. The lowest BCUT2D eigenvalue weighted by Crippen LogP contribution is -2.67. The molecule has 5 rings (SSSR count). The van der Waals surface area contributed by atoms with Crippen LogP contribution in [-0.2, 0) is 91.2 Å². The minimum absolute atomic E-state index is 0.0588. The van der Waals surface area contributed by atoms with Crippen molar-refractivity contribution in [1.29, 1.82) is 0 Å². The number of amides is 1. The van der Waals surface area contributed by atoms with E-state index >= 15 is 0 Å². The summed E-state index contributed by atoms with van der Waals surface area (Å²) in [5.41, 5.74) is 2.41. The van der Waals surface area contributed by atoms with Crippen LogP contribution in [0.4, 0.5) is 0 Å². The molecule has 16 nitrogen and oxygen atoms in total. The van der Waals surface area contributed by atoms with E-state index in [-0.39, 0.29) is 32.8 Å². The van der Waals surface area contributed by atoms with Crippen molar-refractivity contribution in [3.8, 4) is 0 Å². The van der Waals surface area contributed by atoms with Crippen molar-refractivity contribution < 1.29 is 67.9 Å². The predicted molar refractivity (Wildman–Crippen MR) is 212 cm³/mol. The van der Waals surface area contributed by atoms with E-state index in [9.17, 15) is 26.4 Å². The van der Waals surface area contributed by atoms with Gasteiger partial charge in [0.2, 0.25) is 5.91 Å². The van der Waals surface area contributed by atoms with E-state index in [1.807, 2.05) is 66.7 Å². The number of nitrogens with one attached hydrogen (secondary N) is 1. The quantitative estimate of drug-likeness (QED) is 0.128. The standard InChI is InChI=1S/C41H53NO15S2/c1-27(43)42-35-39(51-23-30-17-11-7-12-18-30)38(34(56-41(35)49-3)26-50-22-29-15-9-6-10-16-29)55-33-21-32(25-53-58(4,45)46)36(57-59(5,47)48)40(37(33)54-28(2)44)52-24-31-19-13-8-14-20-31/h6-20,32-41H,21-26H2,1-5H3,(H,42,43)/t32-,33-,34-,35-,36-,37+,38-,39-,40+,41-/m1/s1. The lowest BCUT2D eigenvalue weighted by molar-refractivity contribution is -0.302. The molecule has 18 heteroatoms. The van der Waals surface area contributed by atoms with Crippen molar-refractivity contribution in [1.82, 2.24) is 5.32 Å². The minimum atomic E-state index is -4.21. The topological polar surface area (TPSA) is 198 Å². The molecular formula is C41H53NO15S2. The fourth-order valence-electron chi connectivity index (χ4n) is 7.19. The summed E-state index contributed by atoms with van der Waals surface area (Å²) in [5, 5.41) is 2.89. The molecule has 1 saturated heterocycles. The maximum absolute atomic E-state index is 12.9. The van der Waals surface area contributed by atoms with E-state index in [2.05, 4.69) is 5.32 Å². The summed E-state index contributed by atoms with van der Waals surface area (Å²) < 4.78 is 105. The highest BCUT2D eigenvalue weighted by atomic mass is 32.2. The van der Waals surface area contributed by atoms with Gasteiger partial charge in [-0.05, 0) is 23.1 Å². The van der Waals surface area contributed by atoms with E-state index in [1.54, 1.807) is 24.3 Å². The monoisotopic (exact) mass is 863 g/mol. The second-order valence-corrected chi connectivity index (χ2v) is 17.7. The maximum atomic E-state index is 12.9. The Morgan fingerprint density at radius 2 is 1.24 bits per heavy atom. The Hall–Kier alpha value is -3.82. The summed E-state index contributed by atoms with van der Waals surface area (Å²) in [6.07, 6.45) is -7.75. The van der Waals surface area contributed by atoms with Crippen molar-refractivity contribution in [3.63, 3.8) is 0 Å². The highest BCUT2D eigenvalue weighted by Crippen LogP contribution is 2.38. The highest BCUT2D eigenvalue weighted by molar-refractivity contribution is 7.86. The third-order valence-corrected chi connectivity index (χ3v) is 10.8. The summed E-state index contributed by atoms with van der Waals surface area (Å²) in [5.74, 6) is -2.16. The summed E-state index contributed by atoms with van der Waals surface area (Å²) in [6, 6.07) is 26.8. The van der Waals surface area contributed by atoms with Gasteiger partial charge in [0.15, 0.2) is 12.4 Å². The summed E-state index contributed by atoms with van der Waals surface area (Å²) in [6.45, 7) is 2.14. The molecule has 1 saturated carbocycles. The Labute approximate surface area is 345 Å². The number of carbonyl (C=O) groups excluding carboxylic acids is 2. The normalized spacial score (nSPS) is 27.5. The number of hydrogen-bond acceptors (Lipinski definition) is 15. The molecule has 0 spiro atoms. The number of rotatable bonds is 20. The first-order chi connectivity index (χ1) is 28.1. The molecule has 1 amide bonds. The van der Waals surface area contributed by atoms with Crippen molar-refractivity contribution in [2.75, 3.05) is 32.8 Å². The Morgan fingerprint density at radius 1 is 0.695 bits per heavy atom. The third kappa shape index (κ3) is 14.4. The molecule has 0 aromatic heterocycles. The lowest BCUT2D eigenvalue weighted by atomic mass is 9.80. The van der Waals surface area contributed by atoms with Crippen LogP contribution in [0.1, 0.15) is 37.0 Å². The van der Waals surface area contributed by atoms with E-state index in [0.29, 0.717) is 5.56 Å². The SMILES string of the molecule is CO[C@@H]1O[C@H](COCc2ccccc2)[C@@H](O[C@@H]2C[C@H](COS(C)(=O)=O)[C@@H](OS(C)(=O)=O)[C@H](OCc3ccccc3)[C@H]2OC(C)=O)[C@H](OCc2ccccc2)[C@H]1NC(C)=O. The zero-order valence-corrected chi connectivity index (χ0v) is 35.2. The maximum Gasteiger partial charge on any atom is 0.303 e.